The average Bonchev–Trinajstić information content (AvgIpc) is 3.11. The van der Waals surface area contributed by atoms with Crippen LogP contribution < -0.4 is 5.32 Å². The monoisotopic (exact) mass is 423 g/mol. The molecule has 152 valence electrons. The van der Waals surface area contributed by atoms with Crippen molar-refractivity contribution in [2.24, 2.45) is 5.92 Å². The molecule has 1 fully saturated rings. The summed E-state index contributed by atoms with van der Waals surface area (Å²) in [5.74, 6) is -0.964. The van der Waals surface area contributed by atoms with Crippen LogP contribution >= 0.6 is 11.3 Å². The summed E-state index contributed by atoms with van der Waals surface area (Å²) >= 11 is 1.35. The number of aromatic amines is 1. The second-order valence-corrected chi connectivity index (χ2v) is 8.60. The molecule has 2 aromatic carbocycles. The molecule has 0 radical (unpaired) electrons. The van der Waals surface area contributed by atoms with Crippen LogP contribution in [0.25, 0.3) is 32.2 Å². The van der Waals surface area contributed by atoms with Gasteiger partial charge in [-0.25, -0.2) is 9.37 Å². The second kappa shape index (κ2) is 6.88. The van der Waals surface area contributed by atoms with Crippen molar-refractivity contribution in [3.8, 4) is 11.1 Å². The molecule has 4 aromatic rings. The van der Waals surface area contributed by atoms with Crippen LogP contribution in [0.3, 0.4) is 0 Å². The number of aromatic nitrogens is 3. The molecule has 0 spiro atoms. The van der Waals surface area contributed by atoms with Gasteiger partial charge in [-0.15, -0.1) is 0 Å². The van der Waals surface area contributed by atoms with Crippen LogP contribution in [0, 0.1) is 5.92 Å². The molecule has 5 rings (SSSR count). The van der Waals surface area contributed by atoms with Crippen LogP contribution in [0.4, 0.5) is 9.52 Å². The molecule has 7 nitrogen and oxygen atoms in total. The number of carbonyl (C=O) groups excluding carboxylic acids is 2. The van der Waals surface area contributed by atoms with Crippen molar-refractivity contribution in [3.05, 3.63) is 42.1 Å². The van der Waals surface area contributed by atoms with Gasteiger partial charge in [0.15, 0.2) is 5.13 Å². The van der Waals surface area contributed by atoms with Crippen molar-refractivity contribution >= 4 is 49.4 Å². The SMILES string of the molecule is CN(C)C(=O)c1ccc(-c2ccc3nc(NC(=O)[C@@H]4C[C@@H]4F)sc3c2)c2cn[nH]c12. The van der Waals surface area contributed by atoms with Gasteiger partial charge < -0.3 is 10.2 Å². The molecule has 0 unspecified atom stereocenters. The van der Waals surface area contributed by atoms with Crippen molar-refractivity contribution < 1.29 is 14.0 Å². The lowest BCUT2D eigenvalue weighted by atomic mass is 9.99. The summed E-state index contributed by atoms with van der Waals surface area (Å²) in [5, 5.41) is 11.1. The molecule has 0 aliphatic heterocycles. The van der Waals surface area contributed by atoms with Gasteiger partial charge >= 0.3 is 0 Å². The summed E-state index contributed by atoms with van der Waals surface area (Å²) in [4.78, 5) is 30.4. The van der Waals surface area contributed by atoms with E-state index in [0.29, 0.717) is 16.2 Å². The Labute approximate surface area is 174 Å². The van der Waals surface area contributed by atoms with Crippen molar-refractivity contribution in [2.75, 3.05) is 19.4 Å². The predicted molar refractivity (Wildman–Crippen MR) is 114 cm³/mol. The third-order valence-corrected chi connectivity index (χ3v) is 6.16. The van der Waals surface area contributed by atoms with Crippen LogP contribution in [0.1, 0.15) is 16.8 Å². The Kier molecular flexibility index (Phi) is 4.28. The summed E-state index contributed by atoms with van der Waals surface area (Å²) in [7, 11) is 3.42. The largest absolute Gasteiger partial charge is 0.345 e. The van der Waals surface area contributed by atoms with Crippen LogP contribution in [-0.2, 0) is 4.79 Å². The van der Waals surface area contributed by atoms with Gasteiger partial charge in [0.1, 0.15) is 6.17 Å². The lowest BCUT2D eigenvalue weighted by Crippen LogP contribution is -2.21. The number of alkyl halides is 1. The Balaban J connectivity index is 1.51. The zero-order valence-electron chi connectivity index (χ0n) is 16.3. The minimum absolute atomic E-state index is 0.0970. The fraction of sp³-hybridized carbons (Fsp3) is 0.238. The molecule has 1 aliphatic carbocycles. The van der Waals surface area contributed by atoms with Gasteiger partial charge in [0.05, 0.1) is 33.4 Å². The number of halogens is 1. The molecule has 2 atom stereocenters. The van der Waals surface area contributed by atoms with E-state index < -0.39 is 12.1 Å². The quantitative estimate of drug-likeness (QED) is 0.522. The number of H-pyrrole nitrogens is 1. The maximum absolute atomic E-state index is 13.1. The third kappa shape index (κ3) is 3.11. The van der Waals surface area contributed by atoms with Gasteiger partial charge in [0, 0.05) is 19.5 Å². The Morgan fingerprint density at radius 1 is 1.27 bits per heavy atom. The van der Waals surface area contributed by atoms with Crippen LogP contribution in [-0.4, -0.2) is 52.2 Å². The first-order chi connectivity index (χ1) is 14.4. The first-order valence-corrected chi connectivity index (χ1v) is 10.3. The molecule has 2 amide bonds. The van der Waals surface area contributed by atoms with E-state index in [4.69, 9.17) is 0 Å². The van der Waals surface area contributed by atoms with Gasteiger partial charge in [0.2, 0.25) is 5.91 Å². The van der Waals surface area contributed by atoms with E-state index in [2.05, 4.69) is 20.5 Å². The highest BCUT2D eigenvalue weighted by Gasteiger charge is 2.43. The first-order valence-electron chi connectivity index (χ1n) is 9.46. The van der Waals surface area contributed by atoms with Gasteiger partial charge in [-0.3, -0.25) is 14.7 Å². The van der Waals surface area contributed by atoms with Crippen LogP contribution in [0.2, 0.25) is 0 Å². The number of thiazole rings is 1. The number of anilines is 1. The van der Waals surface area contributed by atoms with Crippen molar-refractivity contribution in [2.45, 2.75) is 12.6 Å². The van der Waals surface area contributed by atoms with Crippen molar-refractivity contribution in [1.29, 1.82) is 0 Å². The zero-order chi connectivity index (χ0) is 21.0. The molecule has 30 heavy (non-hydrogen) atoms. The van der Waals surface area contributed by atoms with E-state index in [1.807, 2.05) is 24.3 Å². The average molecular weight is 423 g/mol. The van der Waals surface area contributed by atoms with Crippen molar-refractivity contribution in [3.63, 3.8) is 0 Å². The number of hydrogen-bond acceptors (Lipinski definition) is 5. The lowest BCUT2D eigenvalue weighted by Gasteiger charge is -2.12. The Morgan fingerprint density at radius 3 is 2.80 bits per heavy atom. The van der Waals surface area contributed by atoms with Gasteiger partial charge in [0.25, 0.3) is 5.91 Å². The van der Waals surface area contributed by atoms with E-state index in [0.717, 1.165) is 26.7 Å². The molecule has 0 saturated heterocycles. The normalized spacial score (nSPS) is 18.0. The highest BCUT2D eigenvalue weighted by Crippen LogP contribution is 2.37. The van der Waals surface area contributed by atoms with Gasteiger partial charge in [-0.1, -0.05) is 23.5 Å². The number of rotatable bonds is 4. The minimum atomic E-state index is -1.04. The summed E-state index contributed by atoms with van der Waals surface area (Å²) < 4.78 is 14.0. The number of nitrogens with one attached hydrogen (secondary N) is 2. The maximum Gasteiger partial charge on any atom is 0.255 e. The van der Waals surface area contributed by atoms with E-state index in [-0.39, 0.29) is 18.2 Å². The van der Waals surface area contributed by atoms with Crippen LogP contribution in [0.5, 0.6) is 0 Å². The second-order valence-electron chi connectivity index (χ2n) is 7.57. The summed E-state index contributed by atoms with van der Waals surface area (Å²) in [6.07, 6.45) is 0.960. The molecule has 9 heteroatoms. The fourth-order valence-corrected chi connectivity index (χ4v) is 4.39. The summed E-state index contributed by atoms with van der Waals surface area (Å²) in [6, 6.07) is 9.53. The van der Waals surface area contributed by atoms with Gasteiger partial charge in [-0.2, -0.15) is 5.10 Å². The molecule has 2 heterocycles. The predicted octanol–water partition coefficient (Wildman–Crippen LogP) is 3.84. The number of hydrogen-bond donors (Lipinski definition) is 2. The van der Waals surface area contributed by atoms with E-state index >= 15 is 0 Å². The number of fused-ring (bicyclic) bond motifs is 2. The number of nitrogens with zero attached hydrogens (tertiary/aromatic N) is 3. The van der Waals surface area contributed by atoms with E-state index in [1.54, 1.807) is 26.4 Å². The zero-order valence-corrected chi connectivity index (χ0v) is 17.1. The number of carbonyl (C=O) groups is 2. The molecule has 1 saturated carbocycles. The maximum atomic E-state index is 13.1. The Morgan fingerprint density at radius 2 is 2.07 bits per heavy atom. The topological polar surface area (TPSA) is 91.0 Å². The number of benzene rings is 2. The van der Waals surface area contributed by atoms with Crippen LogP contribution in [0.15, 0.2) is 36.5 Å². The standard InChI is InChI=1S/C21H18FN5O2S/c1-27(2)20(29)12-5-4-11(14-9-23-26-18(12)14)10-3-6-16-17(7-10)30-21(24-16)25-19(28)13-8-15(13)22/h3-7,9,13,15H,8H2,1-2H3,(H,23,26)(H,24,25,28)/t13-,15+/m1/s1. The minimum Gasteiger partial charge on any atom is -0.345 e. The summed E-state index contributed by atoms with van der Waals surface area (Å²) in [6.45, 7) is 0. The van der Waals surface area contributed by atoms with E-state index in [9.17, 15) is 14.0 Å². The highest BCUT2D eigenvalue weighted by atomic mass is 32.1. The fourth-order valence-electron chi connectivity index (χ4n) is 3.49. The lowest BCUT2D eigenvalue weighted by molar-refractivity contribution is -0.117. The molecule has 0 bridgehead atoms. The number of amides is 2. The molecule has 1 aliphatic rings. The molecular formula is C21H18FN5O2S. The smallest absolute Gasteiger partial charge is 0.255 e. The van der Waals surface area contributed by atoms with Crippen molar-refractivity contribution in [1.82, 2.24) is 20.1 Å². The van der Waals surface area contributed by atoms with E-state index in [1.165, 1.54) is 16.2 Å². The Bertz CT molecular complexity index is 1310. The molecule has 2 aromatic heterocycles. The van der Waals surface area contributed by atoms with Gasteiger partial charge in [-0.05, 0) is 35.7 Å². The third-order valence-electron chi connectivity index (χ3n) is 5.23. The molecular weight excluding hydrogens is 405 g/mol. The molecule has 2 N–H and O–H groups in total. The Hall–Kier alpha value is -3.33. The highest BCUT2D eigenvalue weighted by molar-refractivity contribution is 7.22. The first kappa shape index (κ1) is 18.7. The summed E-state index contributed by atoms with van der Waals surface area (Å²) in [5.41, 5.74) is 3.90.